The van der Waals surface area contributed by atoms with Gasteiger partial charge in [-0.15, -0.1) is 0 Å². The van der Waals surface area contributed by atoms with Crippen molar-refractivity contribution >= 4 is 6.21 Å². The van der Waals surface area contributed by atoms with Crippen LogP contribution >= 0.6 is 0 Å². The molecule has 0 aromatic rings. The second-order valence-electron chi connectivity index (χ2n) is 8.31. The normalized spacial score (nSPS) is 19.6. The van der Waals surface area contributed by atoms with Crippen LogP contribution < -0.4 is 0 Å². The van der Waals surface area contributed by atoms with Gasteiger partial charge in [0.15, 0.2) is 0 Å². The van der Waals surface area contributed by atoms with Crippen LogP contribution in [0.15, 0.2) is 63.5 Å². The Balaban J connectivity index is 2.68. The quantitative estimate of drug-likeness (QED) is 0.221. The summed E-state index contributed by atoms with van der Waals surface area (Å²) >= 11 is 0. The van der Waals surface area contributed by atoms with Crippen LogP contribution in [-0.4, -0.2) is 12.8 Å². The van der Waals surface area contributed by atoms with E-state index < -0.39 is 0 Å². The van der Waals surface area contributed by atoms with Crippen LogP contribution in [0.2, 0.25) is 0 Å². The number of aliphatic imine (C=N–C) groups is 1. The lowest BCUT2D eigenvalue weighted by Gasteiger charge is -2.32. The SMILES string of the molecule is CCCCCN=C\C(F)=C(C)/C=C/C=C(C)\C=C\C1=C(C)CCCC1(C)C. The van der Waals surface area contributed by atoms with Gasteiger partial charge < -0.3 is 0 Å². The predicted octanol–water partition coefficient (Wildman–Crippen LogP) is 8.08. The first kappa shape index (κ1) is 23.3. The minimum Gasteiger partial charge on any atom is -0.290 e. The highest BCUT2D eigenvalue weighted by Gasteiger charge is 2.26. The number of hydrogen-bond acceptors (Lipinski definition) is 1. The molecule has 0 unspecified atom stereocenters. The molecule has 0 spiro atoms. The zero-order valence-corrected chi connectivity index (χ0v) is 18.2. The summed E-state index contributed by atoms with van der Waals surface area (Å²) in [4.78, 5) is 4.15. The summed E-state index contributed by atoms with van der Waals surface area (Å²) in [5, 5.41) is 0. The first-order valence-electron chi connectivity index (χ1n) is 10.4. The van der Waals surface area contributed by atoms with Crippen molar-refractivity contribution in [3.8, 4) is 0 Å². The molecule has 0 fully saturated rings. The number of rotatable bonds is 9. The van der Waals surface area contributed by atoms with E-state index in [2.05, 4.69) is 51.8 Å². The fraction of sp³-hybridized carbons (Fsp3) is 0.560. The summed E-state index contributed by atoms with van der Waals surface area (Å²) in [6.07, 6.45) is 18.6. The number of unbranched alkanes of at least 4 members (excludes halogenated alkanes) is 2. The van der Waals surface area contributed by atoms with Crippen LogP contribution in [0, 0.1) is 5.41 Å². The molecule has 0 aliphatic heterocycles. The molecule has 1 aliphatic carbocycles. The maximum Gasteiger partial charge on any atom is 0.143 e. The standard InChI is InChI=1S/C25H38FN/c1-7-8-9-18-27-19-24(26)22(4)13-10-12-20(2)15-16-23-21(3)14-11-17-25(23,5)6/h10,12-13,15-16,19H,7-9,11,14,17-18H2,1-6H3/b13-10+,16-15+,20-12-,24-22+,27-19?. The molecule has 0 amide bonds. The molecule has 0 bridgehead atoms. The Morgan fingerprint density at radius 3 is 2.59 bits per heavy atom. The third-order valence-electron chi connectivity index (χ3n) is 5.23. The first-order chi connectivity index (χ1) is 12.8. The monoisotopic (exact) mass is 371 g/mol. The van der Waals surface area contributed by atoms with Gasteiger partial charge >= 0.3 is 0 Å². The predicted molar refractivity (Wildman–Crippen MR) is 119 cm³/mol. The Kier molecular flexibility index (Phi) is 10.3. The number of hydrogen-bond donors (Lipinski definition) is 0. The molecule has 27 heavy (non-hydrogen) atoms. The average Bonchev–Trinajstić information content (AvgIpc) is 2.60. The maximum atomic E-state index is 14.0. The molecule has 0 N–H and O–H groups in total. The van der Waals surface area contributed by atoms with E-state index in [0.29, 0.717) is 12.1 Å². The second-order valence-corrected chi connectivity index (χ2v) is 8.31. The molecule has 0 radical (unpaired) electrons. The largest absolute Gasteiger partial charge is 0.290 e. The van der Waals surface area contributed by atoms with E-state index in [1.165, 1.54) is 36.6 Å². The topological polar surface area (TPSA) is 12.4 Å². The molecule has 0 aromatic heterocycles. The van der Waals surface area contributed by atoms with Crippen LogP contribution in [0.25, 0.3) is 0 Å². The third kappa shape index (κ3) is 8.69. The summed E-state index contributed by atoms with van der Waals surface area (Å²) in [6, 6.07) is 0. The van der Waals surface area contributed by atoms with Crippen LogP contribution in [0.4, 0.5) is 4.39 Å². The van der Waals surface area contributed by atoms with Crippen LogP contribution in [0.1, 0.15) is 80.1 Å². The van der Waals surface area contributed by atoms with Crippen LogP contribution in [-0.2, 0) is 0 Å². The number of allylic oxidation sites excluding steroid dienone is 10. The van der Waals surface area contributed by atoms with Gasteiger partial charge in [-0.25, -0.2) is 4.39 Å². The average molecular weight is 372 g/mol. The molecule has 0 atom stereocenters. The van der Waals surface area contributed by atoms with Gasteiger partial charge in [0.1, 0.15) is 5.83 Å². The van der Waals surface area contributed by atoms with E-state index in [1.807, 2.05) is 12.2 Å². The van der Waals surface area contributed by atoms with Gasteiger partial charge in [0, 0.05) is 6.54 Å². The molecule has 1 rings (SSSR count). The van der Waals surface area contributed by atoms with Crippen molar-refractivity contribution in [2.75, 3.05) is 6.54 Å². The van der Waals surface area contributed by atoms with Crippen molar-refractivity contribution in [3.63, 3.8) is 0 Å². The molecule has 1 aliphatic rings. The lowest BCUT2D eigenvalue weighted by molar-refractivity contribution is 0.377. The van der Waals surface area contributed by atoms with E-state index in [9.17, 15) is 4.39 Å². The minimum absolute atomic E-state index is 0.255. The fourth-order valence-corrected chi connectivity index (χ4v) is 3.40. The summed E-state index contributed by atoms with van der Waals surface area (Å²) in [7, 11) is 0. The van der Waals surface area contributed by atoms with Crippen molar-refractivity contribution in [1.29, 1.82) is 0 Å². The first-order valence-corrected chi connectivity index (χ1v) is 10.4. The molecule has 0 saturated heterocycles. The molecular formula is C25H38FN. The minimum atomic E-state index is -0.255. The maximum absolute atomic E-state index is 14.0. The molecule has 150 valence electrons. The van der Waals surface area contributed by atoms with Crippen molar-refractivity contribution in [2.45, 2.75) is 80.1 Å². The van der Waals surface area contributed by atoms with Crippen LogP contribution in [0.3, 0.4) is 0 Å². The van der Waals surface area contributed by atoms with E-state index >= 15 is 0 Å². The Hall–Kier alpha value is -1.70. The van der Waals surface area contributed by atoms with Crippen molar-refractivity contribution in [1.82, 2.24) is 0 Å². The van der Waals surface area contributed by atoms with Crippen LogP contribution in [0.5, 0.6) is 0 Å². The Morgan fingerprint density at radius 1 is 1.19 bits per heavy atom. The molecular weight excluding hydrogens is 333 g/mol. The highest BCUT2D eigenvalue weighted by atomic mass is 19.1. The molecule has 0 aromatic carbocycles. The summed E-state index contributed by atoms with van der Waals surface area (Å²) in [6.45, 7) is 13.6. The van der Waals surface area contributed by atoms with Gasteiger partial charge in [0.2, 0.25) is 0 Å². The van der Waals surface area contributed by atoms with Gasteiger partial charge in [0.05, 0.1) is 6.21 Å². The highest BCUT2D eigenvalue weighted by Crippen LogP contribution is 2.40. The van der Waals surface area contributed by atoms with Gasteiger partial charge in [-0.05, 0) is 63.0 Å². The fourth-order valence-electron chi connectivity index (χ4n) is 3.40. The Morgan fingerprint density at radius 2 is 1.93 bits per heavy atom. The second kappa shape index (κ2) is 11.9. The molecule has 1 nitrogen and oxygen atoms in total. The summed E-state index contributed by atoms with van der Waals surface area (Å²) in [5.41, 5.74) is 4.99. The number of nitrogens with zero attached hydrogens (tertiary/aromatic N) is 1. The molecule has 2 heteroatoms. The zero-order valence-electron chi connectivity index (χ0n) is 18.2. The van der Waals surface area contributed by atoms with E-state index in [-0.39, 0.29) is 11.2 Å². The van der Waals surface area contributed by atoms with Gasteiger partial charge in [-0.2, -0.15) is 0 Å². The lowest BCUT2D eigenvalue weighted by Crippen LogP contribution is -2.19. The van der Waals surface area contributed by atoms with Gasteiger partial charge in [0.25, 0.3) is 0 Å². The zero-order chi connectivity index (χ0) is 20.3. The van der Waals surface area contributed by atoms with E-state index in [1.54, 1.807) is 13.0 Å². The van der Waals surface area contributed by atoms with Gasteiger partial charge in [-0.1, -0.05) is 75.1 Å². The Labute approximate surface area is 166 Å². The van der Waals surface area contributed by atoms with Crippen molar-refractivity contribution < 1.29 is 4.39 Å². The smallest absolute Gasteiger partial charge is 0.143 e. The lowest BCUT2D eigenvalue weighted by atomic mass is 9.72. The highest BCUT2D eigenvalue weighted by molar-refractivity contribution is 5.77. The number of halogens is 1. The van der Waals surface area contributed by atoms with Crippen molar-refractivity contribution in [3.05, 3.63) is 58.5 Å². The molecule has 0 saturated carbocycles. The Bertz CT molecular complexity index is 654. The van der Waals surface area contributed by atoms with Gasteiger partial charge in [-0.3, -0.25) is 4.99 Å². The third-order valence-corrected chi connectivity index (χ3v) is 5.23. The summed E-state index contributed by atoms with van der Waals surface area (Å²) < 4.78 is 14.0. The molecule has 0 heterocycles. The van der Waals surface area contributed by atoms with Crippen molar-refractivity contribution in [2.24, 2.45) is 10.4 Å². The summed E-state index contributed by atoms with van der Waals surface area (Å²) in [5.74, 6) is -0.255. The van der Waals surface area contributed by atoms with E-state index in [4.69, 9.17) is 0 Å². The van der Waals surface area contributed by atoms with E-state index in [0.717, 1.165) is 24.8 Å².